The maximum Gasteiger partial charge on any atom is 0.0416 e. The fourth-order valence-corrected chi connectivity index (χ4v) is 3.31. The van der Waals surface area contributed by atoms with E-state index < -0.39 is 0 Å². The van der Waals surface area contributed by atoms with Crippen LogP contribution in [0.3, 0.4) is 0 Å². The monoisotopic (exact) mass is 274 g/mol. The summed E-state index contributed by atoms with van der Waals surface area (Å²) in [4.78, 5) is 2.66. The lowest BCUT2D eigenvalue weighted by molar-refractivity contribution is 0.550. The quantitative estimate of drug-likeness (QED) is 0.836. The molecule has 2 heteroatoms. The van der Waals surface area contributed by atoms with Crippen LogP contribution in [0.5, 0.6) is 0 Å². The highest BCUT2D eigenvalue weighted by molar-refractivity contribution is 5.56. The van der Waals surface area contributed by atoms with Gasteiger partial charge in [0, 0.05) is 24.3 Å². The van der Waals surface area contributed by atoms with Crippen LogP contribution in [0, 0.1) is 5.92 Å². The number of hydrogen-bond acceptors (Lipinski definition) is 2. The molecule has 2 atom stereocenters. The van der Waals surface area contributed by atoms with Crippen LogP contribution >= 0.6 is 0 Å². The first-order valence-electron chi connectivity index (χ1n) is 8.20. The molecule has 1 aromatic rings. The first kappa shape index (κ1) is 15.4. The van der Waals surface area contributed by atoms with Crippen molar-refractivity contribution in [3.05, 3.63) is 29.8 Å². The van der Waals surface area contributed by atoms with Crippen LogP contribution in [0.2, 0.25) is 0 Å². The van der Waals surface area contributed by atoms with Gasteiger partial charge in [0.1, 0.15) is 0 Å². The van der Waals surface area contributed by atoms with Gasteiger partial charge in [-0.05, 0) is 50.3 Å². The van der Waals surface area contributed by atoms with Crippen LogP contribution in [0.1, 0.15) is 52.5 Å². The molecule has 0 amide bonds. The van der Waals surface area contributed by atoms with Gasteiger partial charge < -0.3 is 10.2 Å². The van der Waals surface area contributed by atoms with Crippen LogP contribution < -0.4 is 10.2 Å². The Kier molecular flexibility index (Phi) is 5.47. The molecular weight excluding hydrogens is 244 g/mol. The number of para-hydroxylation sites is 1. The fourth-order valence-electron chi connectivity index (χ4n) is 3.31. The van der Waals surface area contributed by atoms with Crippen LogP contribution in [-0.4, -0.2) is 18.6 Å². The predicted octanol–water partition coefficient (Wildman–Crippen LogP) is 4.20. The van der Waals surface area contributed by atoms with Gasteiger partial charge in [-0.3, -0.25) is 0 Å². The largest absolute Gasteiger partial charge is 0.366 e. The highest BCUT2D eigenvalue weighted by atomic mass is 15.2. The molecule has 20 heavy (non-hydrogen) atoms. The molecule has 1 aliphatic heterocycles. The van der Waals surface area contributed by atoms with Crippen molar-refractivity contribution in [2.75, 3.05) is 11.4 Å². The minimum Gasteiger partial charge on any atom is -0.366 e. The third-order valence-electron chi connectivity index (χ3n) is 4.39. The van der Waals surface area contributed by atoms with Gasteiger partial charge in [0.05, 0.1) is 0 Å². The van der Waals surface area contributed by atoms with Gasteiger partial charge in [-0.25, -0.2) is 0 Å². The first-order valence-corrected chi connectivity index (χ1v) is 8.20. The molecule has 1 aliphatic rings. The maximum absolute atomic E-state index is 3.59. The summed E-state index contributed by atoms with van der Waals surface area (Å²) in [5, 5.41) is 3.59. The van der Waals surface area contributed by atoms with Crippen molar-refractivity contribution in [2.24, 2.45) is 5.92 Å². The highest BCUT2D eigenvalue weighted by Gasteiger charge is 2.30. The smallest absolute Gasteiger partial charge is 0.0416 e. The number of hydrogen-bond donors (Lipinski definition) is 1. The van der Waals surface area contributed by atoms with E-state index in [-0.39, 0.29) is 0 Å². The third kappa shape index (κ3) is 3.54. The lowest BCUT2D eigenvalue weighted by atomic mass is 10.1. The zero-order chi connectivity index (χ0) is 14.5. The second-order valence-electron chi connectivity index (χ2n) is 6.55. The number of anilines is 1. The van der Waals surface area contributed by atoms with E-state index in [1.165, 1.54) is 30.5 Å². The third-order valence-corrected chi connectivity index (χ3v) is 4.39. The van der Waals surface area contributed by atoms with Crippen molar-refractivity contribution in [3.63, 3.8) is 0 Å². The van der Waals surface area contributed by atoms with Crippen LogP contribution in [-0.2, 0) is 6.54 Å². The molecule has 2 unspecified atom stereocenters. The molecule has 0 aromatic heterocycles. The average molecular weight is 274 g/mol. The Morgan fingerprint density at radius 3 is 2.70 bits per heavy atom. The lowest BCUT2D eigenvalue weighted by Crippen LogP contribution is -2.35. The van der Waals surface area contributed by atoms with Crippen LogP contribution in [0.25, 0.3) is 0 Å². The summed E-state index contributed by atoms with van der Waals surface area (Å²) in [7, 11) is 0. The molecular formula is C18H30N2. The first-order chi connectivity index (χ1) is 9.63. The molecule has 0 aliphatic carbocycles. The molecule has 1 fully saturated rings. The Morgan fingerprint density at radius 2 is 2.00 bits per heavy atom. The molecule has 0 radical (unpaired) electrons. The van der Waals surface area contributed by atoms with Crippen molar-refractivity contribution in [3.8, 4) is 0 Å². The predicted molar refractivity (Wildman–Crippen MR) is 88.2 cm³/mol. The van der Waals surface area contributed by atoms with Gasteiger partial charge in [0.15, 0.2) is 0 Å². The highest BCUT2D eigenvalue weighted by Crippen LogP contribution is 2.34. The zero-order valence-electron chi connectivity index (χ0n) is 13.5. The van der Waals surface area contributed by atoms with Gasteiger partial charge in [-0.1, -0.05) is 39.0 Å². The lowest BCUT2D eigenvalue weighted by Gasteiger charge is -2.32. The fraction of sp³-hybridized carbons (Fsp3) is 0.667. The van der Waals surface area contributed by atoms with E-state index in [4.69, 9.17) is 0 Å². The van der Waals surface area contributed by atoms with E-state index in [9.17, 15) is 0 Å². The molecule has 0 bridgehead atoms. The van der Waals surface area contributed by atoms with E-state index in [0.717, 1.165) is 19.1 Å². The van der Waals surface area contributed by atoms with Gasteiger partial charge in [0.2, 0.25) is 0 Å². The van der Waals surface area contributed by atoms with E-state index in [0.29, 0.717) is 12.0 Å². The molecule has 1 heterocycles. The van der Waals surface area contributed by atoms with Crippen molar-refractivity contribution in [1.82, 2.24) is 5.32 Å². The van der Waals surface area contributed by atoms with E-state index in [1.54, 1.807) is 0 Å². The minimum atomic E-state index is 0.672. The molecule has 1 N–H and O–H groups in total. The summed E-state index contributed by atoms with van der Waals surface area (Å²) in [5.74, 6) is 0.705. The molecule has 2 rings (SSSR count). The van der Waals surface area contributed by atoms with Gasteiger partial charge >= 0.3 is 0 Å². The zero-order valence-corrected chi connectivity index (χ0v) is 13.5. The summed E-state index contributed by atoms with van der Waals surface area (Å²) in [5.41, 5.74) is 2.89. The topological polar surface area (TPSA) is 15.3 Å². The van der Waals surface area contributed by atoms with Crippen molar-refractivity contribution in [1.29, 1.82) is 0 Å². The van der Waals surface area contributed by atoms with E-state index in [1.807, 2.05) is 0 Å². The number of nitrogens with zero attached hydrogens (tertiary/aromatic N) is 1. The molecule has 0 saturated carbocycles. The Bertz CT molecular complexity index is 414. The molecule has 1 saturated heterocycles. The molecule has 0 spiro atoms. The summed E-state index contributed by atoms with van der Waals surface area (Å²) in [6.45, 7) is 11.3. The van der Waals surface area contributed by atoms with Gasteiger partial charge in [0.25, 0.3) is 0 Å². The second-order valence-corrected chi connectivity index (χ2v) is 6.55. The van der Waals surface area contributed by atoms with E-state index in [2.05, 4.69) is 62.2 Å². The van der Waals surface area contributed by atoms with Crippen LogP contribution in [0.4, 0.5) is 5.69 Å². The Morgan fingerprint density at radius 1 is 1.25 bits per heavy atom. The van der Waals surface area contributed by atoms with Crippen molar-refractivity contribution < 1.29 is 0 Å². The van der Waals surface area contributed by atoms with Crippen molar-refractivity contribution in [2.45, 2.75) is 65.6 Å². The number of nitrogens with one attached hydrogen (secondary N) is 1. The summed E-state index contributed by atoms with van der Waals surface area (Å²) in [6, 6.07) is 10.3. The van der Waals surface area contributed by atoms with Gasteiger partial charge in [-0.15, -0.1) is 0 Å². The summed E-state index contributed by atoms with van der Waals surface area (Å²) < 4.78 is 0. The molecule has 2 nitrogen and oxygen atoms in total. The minimum absolute atomic E-state index is 0.672. The Hall–Kier alpha value is -1.02. The standard InChI is InChI=1S/C18H30N2/c1-5-17-11-10-15(4)20(17)18-9-7-6-8-16(18)13-19-12-14(2)3/h6-9,14-15,17,19H,5,10-13H2,1-4H3. The summed E-state index contributed by atoms with van der Waals surface area (Å²) in [6.07, 6.45) is 3.91. The van der Waals surface area contributed by atoms with Crippen molar-refractivity contribution >= 4 is 5.69 Å². The molecule has 1 aromatic carbocycles. The SMILES string of the molecule is CCC1CCC(C)N1c1ccccc1CNCC(C)C. The number of benzene rings is 1. The van der Waals surface area contributed by atoms with Gasteiger partial charge in [-0.2, -0.15) is 0 Å². The van der Waals surface area contributed by atoms with E-state index >= 15 is 0 Å². The summed E-state index contributed by atoms with van der Waals surface area (Å²) >= 11 is 0. The number of rotatable bonds is 6. The Labute approximate surface area is 124 Å². The Balaban J connectivity index is 2.14. The molecule has 112 valence electrons. The second kappa shape index (κ2) is 7.12. The maximum atomic E-state index is 3.59. The average Bonchev–Trinajstić information content (AvgIpc) is 2.80. The van der Waals surface area contributed by atoms with Crippen LogP contribution in [0.15, 0.2) is 24.3 Å². The normalized spacial score (nSPS) is 22.8.